The Balaban J connectivity index is 1.54. The third-order valence-corrected chi connectivity index (χ3v) is 5.56. The van der Waals surface area contributed by atoms with Crippen LogP contribution in [0.15, 0.2) is 70.6 Å². The second-order valence-electron chi connectivity index (χ2n) is 6.85. The van der Waals surface area contributed by atoms with Gasteiger partial charge in [0.2, 0.25) is 5.91 Å². The van der Waals surface area contributed by atoms with Crippen molar-refractivity contribution in [2.24, 2.45) is 0 Å². The molecule has 0 fully saturated rings. The predicted molar refractivity (Wildman–Crippen MR) is 121 cm³/mol. The summed E-state index contributed by atoms with van der Waals surface area (Å²) in [5, 5.41) is 17.6. The molecular formula is C22H21N5O3S. The van der Waals surface area contributed by atoms with E-state index in [4.69, 9.17) is 0 Å². The number of rotatable bonds is 7. The second-order valence-corrected chi connectivity index (χ2v) is 7.79. The summed E-state index contributed by atoms with van der Waals surface area (Å²) in [6.45, 7) is 1.77. The van der Waals surface area contributed by atoms with E-state index in [1.54, 1.807) is 35.0 Å². The van der Waals surface area contributed by atoms with Crippen molar-refractivity contribution in [3.63, 3.8) is 0 Å². The largest absolute Gasteiger partial charge is 0.395 e. The molecule has 0 atom stereocenters. The second kappa shape index (κ2) is 9.15. The highest BCUT2D eigenvalue weighted by molar-refractivity contribution is 7.99. The van der Waals surface area contributed by atoms with Gasteiger partial charge in [-0.1, -0.05) is 42.1 Å². The molecule has 31 heavy (non-hydrogen) atoms. The minimum atomic E-state index is -0.250. The van der Waals surface area contributed by atoms with E-state index in [1.165, 1.54) is 4.57 Å². The van der Waals surface area contributed by atoms with Crippen molar-refractivity contribution in [2.45, 2.75) is 18.6 Å². The van der Waals surface area contributed by atoms with Crippen LogP contribution in [-0.2, 0) is 11.3 Å². The van der Waals surface area contributed by atoms with Gasteiger partial charge in [-0.25, -0.2) is 9.67 Å². The van der Waals surface area contributed by atoms with Crippen LogP contribution in [0.1, 0.15) is 5.69 Å². The van der Waals surface area contributed by atoms with E-state index in [0.717, 1.165) is 23.1 Å². The molecule has 9 heteroatoms. The summed E-state index contributed by atoms with van der Waals surface area (Å²) < 4.78 is 3.08. The van der Waals surface area contributed by atoms with E-state index in [2.05, 4.69) is 15.4 Å². The summed E-state index contributed by atoms with van der Waals surface area (Å²) in [5.74, 6) is 0.364. The Bertz CT molecular complexity index is 1280. The predicted octanol–water partition coefficient (Wildman–Crippen LogP) is 2.61. The number of hydrogen-bond acceptors (Lipinski definition) is 6. The maximum absolute atomic E-state index is 12.8. The molecule has 4 aromatic rings. The van der Waals surface area contributed by atoms with E-state index in [-0.39, 0.29) is 30.4 Å². The number of aromatic nitrogens is 4. The SMILES string of the molecule is Cc1cc(NC(=O)CSc2nc3ccccc3c(=O)n2CCO)n(-c2ccccc2)n1. The first-order chi connectivity index (χ1) is 15.1. The number of aliphatic hydroxyl groups excluding tert-OH is 1. The number of benzene rings is 2. The molecule has 0 spiro atoms. The molecule has 0 saturated carbocycles. The number of hydrogen-bond donors (Lipinski definition) is 2. The van der Waals surface area contributed by atoms with Crippen LogP contribution >= 0.6 is 11.8 Å². The number of thioether (sulfide) groups is 1. The number of aliphatic hydroxyl groups is 1. The van der Waals surface area contributed by atoms with Crippen LogP contribution in [0.5, 0.6) is 0 Å². The van der Waals surface area contributed by atoms with Gasteiger partial charge in [-0.05, 0) is 31.2 Å². The third kappa shape index (κ3) is 4.52. The van der Waals surface area contributed by atoms with Crippen LogP contribution in [-0.4, -0.2) is 42.7 Å². The Kier molecular flexibility index (Phi) is 6.15. The molecule has 2 heterocycles. The van der Waals surface area contributed by atoms with Crippen LogP contribution < -0.4 is 10.9 Å². The molecule has 2 aromatic carbocycles. The molecule has 0 aliphatic heterocycles. The van der Waals surface area contributed by atoms with Gasteiger partial charge in [-0.3, -0.25) is 14.2 Å². The number of aryl methyl sites for hydroxylation is 1. The minimum absolute atomic E-state index is 0.0508. The number of carbonyl (C=O) groups excluding carboxylic acids is 1. The molecule has 1 amide bonds. The Morgan fingerprint density at radius 3 is 2.65 bits per heavy atom. The molecule has 0 radical (unpaired) electrons. The number of nitrogens with zero attached hydrogens (tertiary/aromatic N) is 4. The van der Waals surface area contributed by atoms with Crippen LogP contribution in [0, 0.1) is 6.92 Å². The van der Waals surface area contributed by atoms with Gasteiger partial charge in [-0.15, -0.1) is 0 Å². The Hall–Kier alpha value is -3.43. The van der Waals surface area contributed by atoms with Gasteiger partial charge >= 0.3 is 0 Å². The van der Waals surface area contributed by atoms with Gasteiger partial charge in [0.05, 0.1) is 41.2 Å². The van der Waals surface area contributed by atoms with Crippen LogP contribution in [0.3, 0.4) is 0 Å². The molecule has 0 aliphatic carbocycles. The van der Waals surface area contributed by atoms with E-state index >= 15 is 0 Å². The van der Waals surface area contributed by atoms with Crippen molar-refractivity contribution in [3.05, 3.63) is 76.7 Å². The Morgan fingerprint density at radius 1 is 1.13 bits per heavy atom. The molecule has 0 bridgehead atoms. The normalized spacial score (nSPS) is 11.0. The van der Waals surface area contributed by atoms with Gasteiger partial charge in [0.1, 0.15) is 5.82 Å². The van der Waals surface area contributed by atoms with Gasteiger partial charge in [-0.2, -0.15) is 5.10 Å². The number of nitrogens with one attached hydrogen (secondary N) is 1. The average molecular weight is 436 g/mol. The monoisotopic (exact) mass is 435 g/mol. The van der Waals surface area contributed by atoms with Gasteiger partial charge in [0, 0.05) is 6.07 Å². The summed E-state index contributed by atoms with van der Waals surface area (Å²) in [6, 6.07) is 18.4. The van der Waals surface area contributed by atoms with Gasteiger partial charge in [0.15, 0.2) is 5.16 Å². The summed E-state index contributed by atoms with van der Waals surface area (Å²) in [5.41, 5.74) is 1.94. The van der Waals surface area contributed by atoms with E-state index in [0.29, 0.717) is 21.9 Å². The van der Waals surface area contributed by atoms with Crippen LogP contribution in [0.4, 0.5) is 5.82 Å². The topological polar surface area (TPSA) is 102 Å². The number of carbonyl (C=O) groups is 1. The fourth-order valence-electron chi connectivity index (χ4n) is 3.22. The molecule has 4 rings (SSSR count). The lowest BCUT2D eigenvalue weighted by atomic mass is 10.2. The van der Waals surface area contributed by atoms with Crippen molar-refractivity contribution >= 4 is 34.4 Å². The minimum Gasteiger partial charge on any atom is -0.395 e. The molecule has 0 unspecified atom stereocenters. The van der Waals surface area contributed by atoms with Crippen LogP contribution in [0.2, 0.25) is 0 Å². The highest BCUT2D eigenvalue weighted by Crippen LogP contribution is 2.20. The van der Waals surface area contributed by atoms with E-state index in [9.17, 15) is 14.7 Å². The standard InChI is InChI=1S/C22H21N5O3S/c1-15-13-19(27(25-15)16-7-3-2-4-8-16)24-20(29)14-31-22-23-18-10-6-5-9-17(18)21(30)26(22)11-12-28/h2-10,13,28H,11-12,14H2,1H3,(H,24,29). The fraction of sp³-hybridized carbons (Fsp3) is 0.182. The lowest BCUT2D eigenvalue weighted by Gasteiger charge is -2.12. The van der Waals surface area contributed by atoms with Crippen molar-refractivity contribution in [2.75, 3.05) is 17.7 Å². The summed E-state index contributed by atoms with van der Waals surface area (Å²) in [4.78, 5) is 29.9. The third-order valence-electron chi connectivity index (χ3n) is 4.58. The molecule has 0 aliphatic rings. The molecular weight excluding hydrogens is 414 g/mol. The average Bonchev–Trinajstić information content (AvgIpc) is 3.15. The van der Waals surface area contributed by atoms with E-state index in [1.807, 2.05) is 37.3 Å². The molecule has 158 valence electrons. The highest BCUT2D eigenvalue weighted by atomic mass is 32.2. The smallest absolute Gasteiger partial charge is 0.262 e. The highest BCUT2D eigenvalue weighted by Gasteiger charge is 2.15. The maximum atomic E-state index is 12.8. The van der Waals surface area contributed by atoms with Crippen LogP contribution in [0.25, 0.3) is 16.6 Å². The molecule has 0 saturated heterocycles. The number of anilines is 1. The van der Waals surface area contributed by atoms with Gasteiger partial charge < -0.3 is 10.4 Å². The lowest BCUT2D eigenvalue weighted by molar-refractivity contribution is -0.113. The van der Waals surface area contributed by atoms with Crippen molar-refractivity contribution in [1.29, 1.82) is 0 Å². The lowest BCUT2D eigenvalue weighted by Crippen LogP contribution is -2.25. The van der Waals surface area contributed by atoms with Crippen molar-refractivity contribution < 1.29 is 9.90 Å². The zero-order valence-corrected chi connectivity index (χ0v) is 17.7. The Morgan fingerprint density at radius 2 is 1.87 bits per heavy atom. The molecule has 8 nitrogen and oxygen atoms in total. The Labute approximate surface area is 182 Å². The van der Waals surface area contributed by atoms with E-state index < -0.39 is 0 Å². The summed E-state index contributed by atoms with van der Waals surface area (Å²) in [6.07, 6.45) is 0. The van der Waals surface area contributed by atoms with Crippen molar-refractivity contribution in [1.82, 2.24) is 19.3 Å². The van der Waals surface area contributed by atoms with Crippen molar-refractivity contribution in [3.8, 4) is 5.69 Å². The summed E-state index contributed by atoms with van der Waals surface area (Å²) >= 11 is 1.15. The maximum Gasteiger partial charge on any atom is 0.262 e. The zero-order valence-electron chi connectivity index (χ0n) is 16.9. The summed E-state index contributed by atoms with van der Waals surface area (Å²) in [7, 11) is 0. The zero-order chi connectivity index (χ0) is 21.8. The molecule has 2 N–H and O–H groups in total. The number of para-hydroxylation sites is 2. The fourth-order valence-corrected chi connectivity index (χ4v) is 4.04. The quantitative estimate of drug-likeness (QED) is 0.342. The first-order valence-corrected chi connectivity index (χ1v) is 10.7. The van der Waals surface area contributed by atoms with Gasteiger partial charge in [0.25, 0.3) is 5.56 Å². The molecule has 2 aromatic heterocycles. The number of fused-ring (bicyclic) bond motifs is 1. The number of amides is 1. The first-order valence-electron chi connectivity index (χ1n) is 9.72. The first kappa shape index (κ1) is 20.8.